The average Bonchev–Trinajstić information content (AvgIpc) is 2.04. The maximum atomic E-state index is 4.78. The van der Waals surface area contributed by atoms with Gasteiger partial charge in [0, 0.05) is 11.8 Å². The van der Waals surface area contributed by atoms with E-state index in [0.29, 0.717) is 6.04 Å². The van der Waals surface area contributed by atoms with Crippen LogP contribution in [0.5, 0.6) is 0 Å². The third kappa shape index (κ3) is 3.80. The predicted molar refractivity (Wildman–Crippen MR) is 63.0 cm³/mol. The maximum Gasteiger partial charge on any atom is 0.0575 e. The van der Waals surface area contributed by atoms with Gasteiger partial charge in [-0.1, -0.05) is 35.2 Å². The van der Waals surface area contributed by atoms with Crippen LogP contribution in [-0.4, -0.2) is 16.1 Å². The van der Waals surface area contributed by atoms with E-state index >= 15 is 0 Å². The Hall–Kier alpha value is 0.150. The molecule has 0 saturated heterocycles. The Labute approximate surface area is 90.1 Å². The summed E-state index contributed by atoms with van der Waals surface area (Å²) in [5.74, 6) is 0. The molecule has 0 amide bonds. The fourth-order valence-electron chi connectivity index (χ4n) is 1.64. The van der Waals surface area contributed by atoms with Gasteiger partial charge in [-0.05, 0) is 33.6 Å². The van der Waals surface area contributed by atoms with Gasteiger partial charge in [0.15, 0.2) is 0 Å². The highest BCUT2D eigenvalue weighted by molar-refractivity contribution is 9.10. The third-order valence-electron chi connectivity index (χ3n) is 2.81. The molecule has 1 saturated carbocycles. The minimum absolute atomic E-state index is 0.0739. The first-order valence-electron chi connectivity index (χ1n) is 5.24. The Bertz CT molecular complexity index is 185. The second-order valence-electron chi connectivity index (χ2n) is 4.48. The van der Waals surface area contributed by atoms with E-state index in [1.165, 1.54) is 37.8 Å². The summed E-state index contributed by atoms with van der Waals surface area (Å²) in [6.45, 7) is 6.45. The molecule has 0 N–H and O–H groups in total. The molecule has 1 aliphatic carbocycles. The number of hydrogen-bond donors (Lipinski definition) is 0. The number of alkyl halides is 1. The second kappa shape index (κ2) is 4.59. The zero-order valence-electron chi connectivity index (χ0n) is 8.94. The highest BCUT2D eigenvalue weighted by Crippen LogP contribution is 2.24. The lowest BCUT2D eigenvalue weighted by Crippen LogP contribution is -2.24. The Morgan fingerprint density at radius 3 is 2.23 bits per heavy atom. The van der Waals surface area contributed by atoms with Gasteiger partial charge in [0.2, 0.25) is 0 Å². The van der Waals surface area contributed by atoms with Crippen molar-refractivity contribution in [2.24, 2.45) is 4.99 Å². The van der Waals surface area contributed by atoms with Crippen LogP contribution in [0.15, 0.2) is 4.99 Å². The quantitative estimate of drug-likeness (QED) is 0.516. The first kappa shape index (κ1) is 11.2. The van der Waals surface area contributed by atoms with Crippen molar-refractivity contribution in [3.05, 3.63) is 0 Å². The molecule has 0 aromatic heterocycles. The summed E-state index contributed by atoms with van der Waals surface area (Å²) in [6, 6.07) is 0.602. The first-order chi connectivity index (χ1) is 6.00. The van der Waals surface area contributed by atoms with Gasteiger partial charge in [0.25, 0.3) is 0 Å². The van der Waals surface area contributed by atoms with E-state index < -0.39 is 0 Å². The van der Waals surface area contributed by atoms with Crippen molar-refractivity contribution in [1.29, 1.82) is 0 Å². The van der Waals surface area contributed by atoms with Crippen molar-refractivity contribution < 1.29 is 0 Å². The molecule has 76 valence electrons. The van der Waals surface area contributed by atoms with Crippen LogP contribution in [0, 0.1) is 0 Å². The van der Waals surface area contributed by atoms with Gasteiger partial charge in [0.1, 0.15) is 0 Å². The minimum Gasteiger partial charge on any atom is -0.290 e. The normalized spacial score (nSPS) is 22.0. The summed E-state index contributed by atoms with van der Waals surface area (Å²) in [5, 5.41) is 0. The fraction of sp³-hybridized carbons (Fsp3) is 0.909. The van der Waals surface area contributed by atoms with Gasteiger partial charge in [-0.3, -0.25) is 4.99 Å². The topological polar surface area (TPSA) is 12.4 Å². The molecule has 1 nitrogen and oxygen atoms in total. The summed E-state index contributed by atoms with van der Waals surface area (Å²) in [4.78, 5) is 4.78. The van der Waals surface area contributed by atoms with E-state index in [1.54, 1.807) is 0 Å². The number of aliphatic imine (C=N–C) groups is 1. The van der Waals surface area contributed by atoms with E-state index in [2.05, 4.69) is 36.7 Å². The summed E-state index contributed by atoms with van der Waals surface area (Å²) in [5.41, 5.74) is 1.24. The lowest BCUT2D eigenvalue weighted by Gasteiger charge is -2.22. The van der Waals surface area contributed by atoms with Crippen molar-refractivity contribution in [3.8, 4) is 0 Å². The second-order valence-corrected chi connectivity index (χ2v) is 6.46. The van der Waals surface area contributed by atoms with Gasteiger partial charge < -0.3 is 0 Å². The number of rotatable bonds is 2. The maximum absolute atomic E-state index is 4.78. The molecule has 0 radical (unpaired) electrons. The van der Waals surface area contributed by atoms with E-state index in [4.69, 9.17) is 4.99 Å². The van der Waals surface area contributed by atoms with Crippen molar-refractivity contribution in [3.63, 3.8) is 0 Å². The Kier molecular flexibility index (Phi) is 3.96. The molecule has 0 atom stereocenters. The zero-order chi connectivity index (χ0) is 9.90. The van der Waals surface area contributed by atoms with Crippen molar-refractivity contribution in [2.75, 3.05) is 0 Å². The summed E-state index contributed by atoms with van der Waals surface area (Å²) in [6.07, 6.45) is 6.72. The highest BCUT2D eigenvalue weighted by Gasteiger charge is 2.19. The van der Waals surface area contributed by atoms with Gasteiger partial charge in [-0.15, -0.1) is 0 Å². The molecule has 0 aromatic rings. The molecule has 1 fully saturated rings. The predicted octanol–water partition coefficient (Wildman–Crippen LogP) is 3.95. The van der Waals surface area contributed by atoms with Gasteiger partial charge >= 0.3 is 0 Å². The summed E-state index contributed by atoms with van der Waals surface area (Å²) < 4.78 is 0.0739. The molecule has 2 heteroatoms. The molecular formula is C11H20BrN. The van der Waals surface area contributed by atoms with Crippen LogP contribution in [-0.2, 0) is 0 Å². The molecule has 13 heavy (non-hydrogen) atoms. The molecule has 1 aliphatic rings. The lowest BCUT2D eigenvalue weighted by molar-refractivity contribution is 0.442. The molecule has 0 bridgehead atoms. The monoisotopic (exact) mass is 245 g/mol. The highest BCUT2D eigenvalue weighted by atomic mass is 79.9. The van der Waals surface area contributed by atoms with Crippen LogP contribution in [0.25, 0.3) is 0 Å². The first-order valence-corrected chi connectivity index (χ1v) is 6.03. The molecular weight excluding hydrogens is 226 g/mol. The third-order valence-corrected chi connectivity index (χ3v) is 3.39. The minimum atomic E-state index is 0.0739. The molecule has 0 aromatic carbocycles. The van der Waals surface area contributed by atoms with Crippen LogP contribution in [0.3, 0.4) is 0 Å². The van der Waals surface area contributed by atoms with Gasteiger partial charge in [-0.25, -0.2) is 0 Å². The SMILES string of the molecule is CC(=NC1CCCCC1)C(C)(C)Br. The van der Waals surface area contributed by atoms with E-state index in [0.717, 1.165) is 0 Å². The van der Waals surface area contributed by atoms with Crippen LogP contribution in [0.1, 0.15) is 52.9 Å². The zero-order valence-corrected chi connectivity index (χ0v) is 10.5. The van der Waals surface area contributed by atoms with Gasteiger partial charge in [-0.2, -0.15) is 0 Å². The molecule has 0 aliphatic heterocycles. The van der Waals surface area contributed by atoms with Crippen LogP contribution in [0.2, 0.25) is 0 Å². The lowest BCUT2D eigenvalue weighted by atomic mass is 9.95. The largest absolute Gasteiger partial charge is 0.290 e. The number of nitrogens with zero attached hydrogens (tertiary/aromatic N) is 1. The van der Waals surface area contributed by atoms with Crippen LogP contribution in [0.4, 0.5) is 0 Å². The molecule has 0 spiro atoms. The molecule has 0 heterocycles. The number of halogens is 1. The van der Waals surface area contributed by atoms with E-state index in [-0.39, 0.29) is 4.32 Å². The van der Waals surface area contributed by atoms with E-state index in [9.17, 15) is 0 Å². The Balaban J connectivity index is 2.53. The van der Waals surface area contributed by atoms with Crippen LogP contribution < -0.4 is 0 Å². The van der Waals surface area contributed by atoms with Crippen molar-refractivity contribution >= 4 is 21.6 Å². The number of hydrogen-bond acceptors (Lipinski definition) is 1. The average molecular weight is 246 g/mol. The summed E-state index contributed by atoms with van der Waals surface area (Å²) >= 11 is 3.64. The Morgan fingerprint density at radius 1 is 1.23 bits per heavy atom. The fourth-order valence-corrected chi connectivity index (χ4v) is 1.74. The van der Waals surface area contributed by atoms with Crippen LogP contribution >= 0.6 is 15.9 Å². The molecule has 1 rings (SSSR count). The van der Waals surface area contributed by atoms with Gasteiger partial charge in [0.05, 0.1) is 4.32 Å². The molecule has 0 unspecified atom stereocenters. The van der Waals surface area contributed by atoms with Crippen molar-refractivity contribution in [1.82, 2.24) is 0 Å². The smallest absolute Gasteiger partial charge is 0.0575 e. The summed E-state index contributed by atoms with van der Waals surface area (Å²) in [7, 11) is 0. The Morgan fingerprint density at radius 2 is 1.77 bits per heavy atom. The standard InChI is InChI=1S/C11H20BrN/c1-9(11(2,3)12)13-10-7-5-4-6-8-10/h10H,4-8H2,1-3H3. The van der Waals surface area contributed by atoms with E-state index in [1.807, 2.05) is 0 Å². The van der Waals surface area contributed by atoms with Crippen molar-refractivity contribution in [2.45, 2.75) is 63.2 Å².